The fourth-order valence-electron chi connectivity index (χ4n) is 2.32. The second kappa shape index (κ2) is 6.21. The van der Waals surface area contributed by atoms with E-state index >= 15 is 0 Å². The first-order valence-electron chi connectivity index (χ1n) is 7.03. The van der Waals surface area contributed by atoms with E-state index in [1.165, 1.54) is 0 Å². The first-order valence-corrected chi connectivity index (χ1v) is 7.41. The molecule has 9 heteroatoms. The molecular formula is C12H17ClN8. The third-order valence-corrected chi connectivity index (χ3v) is 3.60. The van der Waals surface area contributed by atoms with Crippen LogP contribution in [0.5, 0.6) is 0 Å². The molecule has 3 heterocycles. The fourth-order valence-corrected chi connectivity index (χ4v) is 2.47. The van der Waals surface area contributed by atoms with E-state index < -0.39 is 0 Å². The van der Waals surface area contributed by atoms with Crippen LogP contribution in [0.3, 0.4) is 0 Å². The maximum absolute atomic E-state index is 5.99. The summed E-state index contributed by atoms with van der Waals surface area (Å²) in [5.74, 6) is 1.92. The minimum absolute atomic E-state index is 0.200. The number of hydrogen-bond donors (Lipinski definition) is 1. The van der Waals surface area contributed by atoms with Crippen LogP contribution in [0, 0.1) is 0 Å². The van der Waals surface area contributed by atoms with Crippen molar-refractivity contribution in [3.63, 3.8) is 0 Å². The zero-order chi connectivity index (χ0) is 14.7. The predicted molar refractivity (Wildman–Crippen MR) is 79.3 cm³/mol. The summed E-state index contributed by atoms with van der Waals surface area (Å²) in [5, 5.41) is 11.3. The van der Waals surface area contributed by atoms with Gasteiger partial charge < -0.3 is 14.8 Å². The lowest BCUT2D eigenvalue weighted by Gasteiger charge is -2.15. The highest BCUT2D eigenvalue weighted by molar-refractivity contribution is 6.28. The second-order valence-corrected chi connectivity index (χ2v) is 5.15. The molecule has 2 aromatic heterocycles. The van der Waals surface area contributed by atoms with Gasteiger partial charge in [-0.25, -0.2) is 0 Å². The third kappa shape index (κ3) is 3.21. The maximum atomic E-state index is 5.99. The smallest absolute Gasteiger partial charge is 0.231 e. The number of halogens is 1. The normalized spacial score (nSPS) is 14.7. The first-order chi connectivity index (χ1) is 10.3. The van der Waals surface area contributed by atoms with Crippen molar-refractivity contribution in [3.8, 4) is 0 Å². The van der Waals surface area contributed by atoms with E-state index in [9.17, 15) is 0 Å². The van der Waals surface area contributed by atoms with Crippen LogP contribution in [0.15, 0.2) is 6.33 Å². The molecule has 8 nitrogen and oxygen atoms in total. The monoisotopic (exact) mass is 308 g/mol. The van der Waals surface area contributed by atoms with Crippen LogP contribution in [-0.2, 0) is 13.1 Å². The van der Waals surface area contributed by atoms with Crippen molar-refractivity contribution in [2.75, 3.05) is 23.3 Å². The van der Waals surface area contributed by atoms with Crippen LogP contribution >= 0.6 is 11.6 Å². The Balaban J connectivity index is 1.73. The van der Waals surface area contributed by atoms with Crippen molar-refractivity contribution < 1.29 is 0 Å². The number of anilines is 2. The van der Waals surface area contributed by atoms with E-state index in [0.29, 0.717) is 18.4 Å². The van der Waals surface area contributed by atoms with E-state index in [1.54, 1.807) is 6.33 Å². The summed E-state index contributed by atoms with van der Waals surface area (Å²) in [6.07, 6.45) is 4.02. The lowest BCUT2D eigenvalue weighted by Crippen LogP contribution is -2.21. The van der Waals surface area contributed by atoms with Gasteiger partial charge in [-0.15, -0.1) is 10.2 Å². The van der Waals surface area contributed by atoms with E-state index in [-0.39, 0.29) is 5.28 Å². The number of nitrogens with one attached hydrogen (secondary N) is 1. The Labute approximate surface area is 127 Å². The standard InChI is InChI=1S/C12H17ClN8/c1-2-20-8-15-19-9(20)7-14-11-16-10(13)17-12(18-11)21-5-3-4-6-21/h8H,2-7H2,1H3,(H,14,16,17,18). The van der Waals surface area contributed by atoms with Crippen LogP contribution in [0.4, 0.5) is 11.9 Å². The Morgan fingerprint density at radius 1 is 1.24 bits per heavy atom. The van der Waals surface area contributed by atoms with Gasteiger partial charge in [-0.2, -0.15) is 15.0 Å². The average molecular weight is 309 g/mol. The molecule has 1 N–H and O–H groups in total. The van der Waals surface area contributed by atoms with E-state index in [0.717, 1.165) is 38.3 Å². The highest BCUT2D eigenvalue weighted by atomic mass is 35.5. The molecule has 1 aliphatic rings. The molecule has 0 atom stereocenters. The summed E-state index contributed by atoms with van der Waals surface area (Å²) in [5.41, 5.74) is 0. The summed E-state index contributed by atoms with van der Waals surface area (Å²) in [6.45, 7) is 5.28. The van der Waals surface area contributed by atoms with Crippen molar-refractivity contribution in [2.45, 2.75) is 32.9 Å². The molecule has 112 valence electrons. The summed E-state index contributed by atoms with van der Waals surface area (Å²) in [7, 11) is 0. The Hall–Kier alpha value is -1.96. The SMILES string of the molecule is CCn1cnnc1CNc1nc(Cl)nc(N2CCCC2)n1. The molecule has 0 amide bonds. The molecule has 0 radical (unpaired) electrons. The topological polar surface area (TPSA) is 84.7 Å². The average Bonchev–Trinajstić information content (AvgIpc) is 3.15. The van der Waals surface area contributed by atoms with Gasteiger partial charge in [0.25, 0.3) is 0 Å². The summed E-state index contributed by atoms with van der Waals surface area (Å²) >= 11 is 5.99. The van der Waals surface area contributed by atoms with Crippen molar-refractivity contribution in [1.82, 2.24) is 29.7 Å². The molecule has 1 saturated heterocycles. The fraction of sp³-hybridized carbons (Fsp3) is 0.583. The van der Waals surface area contributed by atoms with Crippen molar-refractivity contribution in [3.05, 3.63) is 17.4 Å². The zero-order valence-corrected chi connectivity index (χ0v) is 12.6. The number of aryl methyl sites for hydroxylation is 1. The summed E-state index contributed by atoms with van der Waals surface area (Å²) in [6, 6.07) is 0. The summed E-state index contributed by atoms with van der Waals surface area (Å²) in [4.78, 5) is 14.8. The molecule has 0 aromatic carbocycles. The van der Waals surface area contributed by atoms with Crippen LogP contribution in [0.2, 0.25) is 5.28 Å². The molecule has 0 unspecified atom stereocenters. The van der Waals surface area contributed by atoms with Gasteiger partial charge in [0.15, 0.2) is 5.82 Å². The quantitative estimate of drug-likeness (QED) is 0.892. The number of rotatable bonds is 5. The Morgan fingerprint density at radius 2 is 2.05 bits per heavy atom. The lowest BCUT2D eigenvalue weighted by atomic mass is 10.4. The first kappa shape index (κ1) is 14.0. The predicted octanol–water partition coefficient (Wildman–Crippen LogP) is 1.35. The zero-order valence-electron chi connectivity index (χ0n) is 11.8. The van der Waals surface area contributed by atoms with Gasteiger partial charge in [0.2, 0.25) is 17.2 Å². The van der Waals surface area contributed by atoms with Gasteiger partial charge in [-0.05, 0) is 31.4 Å². The van der Waals surface area contributed by atoms with Crippen molar-refractivity contribution in [1.29, 1.82) is 0 Å². The highest BCUT2D eigenvalue weighted by Gasteiger charge is 2.17. The minimum Gasteiger partial charge on any atom is -0.347 e. The maximum Gasteiger partial charge on any atom is 0.231 e. The Kier molecular flexibility index (Phi) is 4.14. The van der Waals surface area contributed by atoms with Crippen LogP contribution in [-0.4, -0.2) is 42.8 Å². The van der Waals surface area contributed by atoms with Gasteiger partial charge in [0.05, 0.1) is 6.54 Å². The van der Waals surface area contributed by atoms with E-state index in [1.807, 2.05) is 11.5 Å². The second-order valence-electron chi connectivity index (χ2n) is 4.81. The van der Waals surface area contributed by atoms with Gasteiger partial charge in [0.1, 0.15) is 6.33 Å². The molecular weight excluding hydrogens is 292 g/mol. The molecule has 2 aromatic rings. The van der Waals surface area contributed by atoms with Crippen molar-refractivity contribution in [2.24, 2.45) is 0 Å². The molecule has 1 aliphatic heterocycles. The van der Waals surface area contributed by atoms with Gasteiger partial charge in [-0.3, -0.25) is 0 Å². The summed E-state index contributed by atoms with van der Waals surface area (Å²) < 4.78 is 1.96. The molecule has 0 bridgehead atoms. The minimum atomic E-state index is 0.200. The van der Waals surface area contributed by atoms with Crippen molar-refractivity contribution >= 4 is 23.5 Å². The lowest BCUT2D eigenvalue weighted by molar-refractivity contribution is 0.706. The number of aromatic nitrogens is 6. The number of hydrogen-bond acceptors (Lipinski definition) is 7. The molecule has 0 spiro atoms. The third-order valence-electron chi connectivity index (χ3n) is 3.43. The van der Waals surface area contributed by atoms with E-state index in [4.69, 9.17) is 11.6 Å². The molecule has 0 aliphatic carbocycles. The van der Waals surface area contributed by atoms with Crippen LogP contribution in [0.1, 0.15) is 25.6 Å². The largest absolute Gasteiger partial charge is 0.347 e. The van der Waals surface area contributed by atoms with Crippen LogP contribution < -0.4 is 10.2 Å². The Morgan fingerprint density at radius 3 is 2.81 bits per heavy atom. The molecule has 0 saturated carbocycles. The molecule has 1 fully saturated rings. The van der Waals surface area contributed by atoms with Gasteiger partial charge >= 0.3 is 0 Å². The van der Waals surface area contributed by atoms with Gasteiger partial charge in [0, 0.05) is 19.6 Å². The van der Waals surface area contributed by atoms with E-state index in [2.05, 4.69) is 35.4 Å². The Bertz CT molecular complexity index is 607. The highest BCUT2D eigenvalue weighted by Crippen LogP contribution is 2.18. The van der Waals surface area contributed by atoms with Gasteiger partial charge in [-0.1, -0.05) is 0 Å². The van der Waals surface area contributed by atoms with Crippen LogP contribution in [0.25, 0.3) is 0 Å². The molecule has 3 rings (SSSR count). The number of nitrogens with zero attached hydrogens (tertiary/aromatic N) is 7. The molecule has 21 heavy (non-hydrogen) atoms.